The molecule has 2 aliphatic heterocycles. The molecule has 0 atom stereocenters. The van der Waals surface area contributed by atoms with Gasteiger partial charge in [0.2, 0.25) is 0 Å². The summed E-state index contributed by atoms with van der Waals surface area (Å²) in [6.45, 7) is 4.14. The second-order valence-electron chi connectivity index (χ2n) is 4.74. The minimum Gasteiger partial charge on any atom is -0.486 e. The number of ether oxygens (including phenoxy) is 3. The SMILES string of the molecule is O=C(NCc1ccc2c(c1)OCCO2)N1CCOCC1. The van der Waals surface area contributed by atoms with Crippen molar-refractivity contribution in [1.29, 1.82) is 0 Å². The molecule has 0 unspecified atom stereocenters. The average Bonchev–Trinajstić information content (AvgIpc) is 2.53. The zero-order valence-corrected chi connectivity index (χ0v) is 11.3. The van der Waals surface area contributed by atoms with Crippen molar-refractivity contribution in [3.05, 3.63) is 23.8 Å². The van der Waals surface area contributed by atoms with E-state index in [1.807, 2.05) is 18.2 Å². The zero-order valence-electron chi connectivity index (χ0n) is 11.3. The van der Waals surface area contributed by atoms with Crippen LogP contribution in [0, 0.1) is 0 Å². The quantitative estimate of drug-likeness (QED) is 0.876. The largest absolute Gasteiger partial charge is 0.486 e. The number of carbonyl (C=O) groups is 1. The monoisotopic (exact) mass is 278 g/mol. The lowest BCUT2D eigenvalue weighted by Crippen LogP contribution is -2.45. The van der Waals surface area contributed by atoms with E-state index in [9.17, 15) is 4.79 Å². The van der Waals surface area contributed by atoms with E-state index in [1.54, 1.807) is 4.90 Å². The lowest BCUT2D eigenvalue weighted by atomic mass is 10.2. The molecule has 0 saturated carbocycles. The molecule has 20 heavy (non-hydrogen) atoms. The Balaban J connectivity index is 1.56. The summed E-state index contributed by atoms with van der Waals surface area (Å²) in [5.41, 5.74) is 0.996. The summed E-state index contributed by atoms with van der Waals surface area (Å²) in [4.78, 5) is 13.7. The van der Waals surface area contributed by atoms with Crippen molar-refractivity contribution >= 4 is 6.03 Å². The molecule has 2 aliphatic rings. The number of nitrogens with one attached hydrogen (secondary N) is 1. The van der Waals surface area contributed by atoms with Crippen molar-refractivity contribution in [1.82, 2.24) is 10.2 Å². The molecule has 1 saturated heterocycles. The van der Waals surface area contributed by atoms with E-state index in [-0.39, 0.29) is 6.03 Å². The van der Waals surface area contributed by atoms with Gasteiger partial charge in [-0.15, -0.1) is 0 Å². The van der Waals surface area contributed by atoms with Crippen LogP contribution in [0.1, 0.15) is 5.56 Å². The first kappa shape index (κ1) is 13.1. The summed E-state index contributed by atoms with van der Waals surface area (Å²) < 4.78 is 16.2. The molecule has 0 spiro atoms. The van der Waals surface area contributed by atoms with E-state index in [0.717, 1.165) is 17.1 Å². The fourth-order valence-corrected chi connectivity index (χ4v) is 2.25. The van der Waals surface area contributed by atoms with Gasteiger partial charge in [-0.3, -0.25) is 0 Å². The van der Waals surface area contributed by atoms with Crippen LogP contribution >= 0.6 is 0 Å². The average molecular weight is 278 g/mol. The zero-order chi connectivity index (χ0) is 13.8. The molecule has 2 amide bonds. The Kier molecular flexibility index (Phi) is 3.92. The summed E-state index contributed by atoms with van der Waals surface area (Å²) in [6, 6.07) is 5.68. The van der Waals surface area contributed by atoms with Crippen LogP contribution in [0.25, 0.3) is 0 Å². The van der Waals surface area contributed by atoms with E-state index < -0.39 is 0 Å². The maximum Gasteiger partial charge on any atom is 0.317 e. The van der Waals surface area contributed by atoms with Crippen molar-refractivity contribution in [2.45, 2.75) is 6.54 Å². The van der Waals surface area contributed by atoms with E-state index in [0.29, 0.717) is 46.1 Å². The Morgan fingerprint density at radius 3 is 2.65 bits per heavy atom. The Morgan fingerprint density at radius 1 is 1.10 bits per heavy atom. The van der Waals surface area contributed by atoms with E-state index in [2.05, 4.69) is 5.32 Å². The molecular weight excluding hydrogens is 260 g/mol. The number of hydrogen-bond acceptors (Lipinski definition) is 4. The molecule has 1 fully saturated rings. The van der Waals surface area contributed by atoms with Crippen molar-refractivity contribution in [2.24, 2.45) is 0 Å². The highest BCUT2D eigenvalue weighted by molar-refractivity contribution is 5.74. The minimum absolute atomic E-state index is 0.0526. The number of nitrogens with zero attached hydrogens (tertiary/aromatic N) is 1. The van der Waals surface area contributed by atoms with Gasteiger partial charge in [0, 0.05) is 19.6 Å². The molecule has 6 nitrogen and oxygen atoms in total. The summed E-state index contributed by atoms with van der Waals surface area (Å²) in [6.07, 6.45) is 0. The van der Waals surface area contributed by atoms with Gasteiger partial charge in [0.05, 0.1) is 13.2 Å². The van der Waals surface area contributed by atoms with Crippen LogP contribution < -0.4 is 14.8 Å². The van der Waals surface area contributed by atoms with Crippen LogP contribution in [0.2, 0.25) is 0 Å². The van der Waals surface area contributed by atoms with E-state index in [1.165, 1.54) is 0 Å². The first-order valence-corrected chi connectivity index (χ1v) is 6.82. The number of fused-ring (bicyclic) bond motifs is 1. The third kappa shape index (κ3) is 2.96. The van der Waals surface area contributed by atoms with Gasteiger partial charge in [-0.05, 0) is 17.7 Å². The minimum atomic E-state index is -0.0526. The summed E-state index contributed by atoms with van der Waals surface area (Å²) in [5.74, 6) is 1.51. The molecule has 0 aliphatic carbocycles. The lowest BCUT2D eigenvalue weighted by molar-refractivity contribution is 0.0531. The lowest BCUT2D eigenvalue weighted by Gasteiger charge is -2.27. The predicted molar refractivity (Wildman–Crippen MR) is 72.1 cm³/mol. The van der Waals surface area contributed by atoms with Crippen LogP contribution in [0.5, 0.6) is 11.5 Å². The molecule has 108 valence electrons. The summed E-state index contributed by atoms with van der Waals surface area (Å²) in [7, 11) is 0. The number of hydrogen-bond donors (Lipinski definition) is 1. The van der Waals surface area contributed by atoms with Gasteiger partial charge in [0.15, 0.2) is 11.5 Å². The van der Waals surface area contributed by atoms with Crippen molar-refractivity contribution in [3.8, 4) is 11.5 Å². The first-order valence-electron chi connectivity index (χ1n) is 6.82. The number of amides is 2. The van der Waals surface area contributed by atoms with Crippen molar-refractivity contribution < 1.29 is 19.0 Å². The van der Waals surface area contributed by atoms with Gasteiger partial charge in [0.1, 0.15) is 13.2 Å². The summed E-state index contributed by atoms with van der Waals surface area (Å²) >= 11 is 0. The van der Waals surface area contributed by atoms with Gasteiger partial charge in [-0.2, -0.15) is 0 Å². The van der Waals surface area contributed by atoms with Gasteiger partial charge >= 0.3 is 6.03 Å². The summed E-state index contributed by atoms with van der Waals surface area (Å²) in [5, 5.41) is 2.91. The third-order valence-electron chi connectivity index (χ3n) is 3.35. The Morgan fingerprint density at radius 2 is 1.85 bits per heavy atom. The standard InChI is InChI=1S/C14H18N2O4/c17-14(16-3-5-18-6-4-16)15-10-11-1-2-12-13(9-11)20-8-7-19-12/h1-2,9H,3-8,10H2,(H,15,17). The van der Waals surface area contributed by atoms with Crippen LogP contribution in [0.4, 0.5) is 4.79 Å². The smallest absolute Gasteiger partial charge is 0.317 e. The number of urea groups is 1. The molecule has 0 aromatic heterocycles. The van der Waals surface area contributed by atoms with Crippen molar-refractivity contribution in [2.75, 3.05) is 39.5 Å². The van der Waals surface area contributed by atoms with Gasteiger partial charge in [-0.1, -0.05) is 6.07 Å². The van der Waals surface area contributed by atoms with Gasteiger partial charge in [0.25, 0.3) is 0 Å². The molecular formula is C14H18N2O4. The normalized spacial score (nSPS) is 17.7. The van der Waals surface area contributed by atoms with Gasteiger partial charge < -0.3 is 24.4 Å². The highest BCUT2D eigenvalue weighted by Crippen LogP contribution is 2.30. The van der Waals surface area contributed by atoms with Crippen LogP contribution in [-0.4, -0.2) is 50.4 Å². The number of rotatable bonds is 2. The van der Waals surface area contributed by atoms with Crippen LogP contribution in [-0.2, 0) is 11.3 Å². The van der Waals surface area contributed by atoms with Crippen LogP contribution in [0.15, 0.2) is 18.2 Å². The Hall–Kier alpha value is -1.95. The van der Waals surface area contributed by atoms with Gasteiger partial charge in [-0.25, -0.2) is 4.79 Å². The highest BCUT2D eigenvalue weighted by atomic mass is 16.6. The van der Waals surface area contributed by atoms with E-state index in [4.69, 9.17) is 14.2 Å². The van der Waals surface area contributed by atoms with Crippen molar-refractivity contribution in [3.63, 3.8) is 0 Å². The predicted octanol–water partition coefficient (Wildman–Crippen LogP) is 1.000. The van der Waals surface area contributed by atoms with E-state index >= 15 is 0 Å². The molecule has 3 rings (SSSR count). The highest BCUT2D eigenvalue weighted by Gasteiger charge is 2.17. The molecule has 6 heteroatoms. The second-order valence-corrected chi connectivity index (χ2v) is 4.74. The fourth-order valence-electron chi connectivity index (χ4n) is 2.25. The molecule has 2 heterocycles. The number of carbonyl (C=O) groups excluding carboxylic acids is 1. The molecule has 1 aromatic carbocycles. The Labute approximate surface area is 117 Å². The third-order valence-corrected chi connectivity index (χ3v) is 3.35. The maximum atomic E-state index is 12.0. The fraction of sp³-hybridized carbons (Fsp3) is 0.500. The topological polar surface area (TPSA) is 60.0 Å². The number of morpholine rings is 1. The maximum absolute atomic E-state index is 12.0. The van der Waals surface area contributed by atoms with Crippen LogP contribution in [0.3, 0.4) is 0 Å². The second kappa shape index (κ2) is 6.00. The first-order chi connectivity index (χ1) is 9.83. The molecule has 1 aromatic rings. The molecule has 0 bridgehead atoms. The number of benzene rings is 1. The molecule has 0 radical (unpaired) electrons. The Bertz CT molecular complexity index is 486. The molecule has 1 N–H and O–H groups in total.